The molecule has 1 unspecified atom stereocenters. The fourth-order valence-corrected chi connectivity index (χ4v) is 3.83. The van der Waals surface area contributed by atoms with E-state index >= 15 is 0 Å². The summed E-state index contributed by atoms with van der Waals surface area (Å²) >= 11 is 1.59. The molecular weight excluding hydrogens is 322 g/mol. The van der Waals surface area contributed by atoms with Gasteiger partial charge < -0.3 is 14.4 Å². The minimum Gasteiger partial charge on any atom is -0.486 e. The lowest BCUT2D eigenvalue weighted by Gasteiger charge is -2.29. The van der Waals surface area contributed by atoms with Crippen molar-refractivity contribution in [3.8, 4) is 11.5 Å². The Kier molecular flexibility index (Phi) is 3.86. The molecule has 1 aromatic heterocycles. The highest BCUT2D eigenvalue weighted by Gasteiger charge is 2.25. The summed E-state index contributed by atoms with van der Waals surface area (Å²) in [7, 11) is 1.80. The van der Waals surface area contributed by atoms with Crippen molar-refractivity contribution < 1.29 is 14.3 Å². The Balaban J connectivity index is 1.48. The molecule has 3 aromatic rings. The molecule has 0 fully saturated rings. The molecule has 0 radical (unpaired) electrons. The minimum absolute atomic E-state index is 0.00917. The molecule has 0 saturated heterocycles. The van der Waals surface area contributed by atoms with Gasteiger partial charge in [0.2, 0.25) is 0 Å². The lowest BCUT2D eigenvalue weighted by atomic mass is 10.1. The van der Waals surface area contributed by atoms with E-state index in [0.29, 0.717) is 13.2 Å². The fraction of sp³-hybridized carbons (Fsp3) is 0.211. The first kappa shape index (κ1) is 15.0. The summed E-state index contributed by atoms with van der Waals surface area (Å²) < 4.78 is 12.8. The molecule has 24 heavy (non-hydrogen) atoms. The quantitative estimate of drug-likeness (QED) is 0.728. The Labute approximate surface area is 144 Å². The number of nitrogens with zero attached hydrogens (tertiary/aromatic N) is 1. The standard InChI is InChI=1S/C19H17NO3S/c1-20(10-13-11-22-16-7-3-4-8-17(16)23-13)19(21)15-12-24-18-9-5-2-6-14(15)18/h2-9,12-13H,10-11H2,1H3. The molecule has 0 bridgehead atoms. The number of carbonyl (C=O) groups excluding carboxylic acids is 1. The van der Waals surface area contributed by atoms with E-state index in [9.17, 15) is 4.79 Å². The van der Waals surface area contributed by atoms with Crippen molar-refractivity contribution in [1.29, 1.82) is 0 Å². The fourth-order valence-electron chi connectivity index (χ4n) is 2.89. The number of benzene rings is 2. The number of carbonyl (C=O) groups is 1. The van der Waals surface area contributed by atoms with E-state index in [4.69, 9.17) is 9.47 Å². The maximum Gasteiger partial charge on any atom is 0.255 e. The van der Waals surface area contributed by atoms with Crippen LogP contribution in [-0.4, -0.2) is 37.1 Å². The number of rotatable bonds is 3. The van der Waals surface area contributed by atoms with Crippen LogP contribution in [0.3, 0.4) is 0 Å². The largest absolute Gasteiger partial charge is 0.486 e. The zero-order valence-electron chi connectivity index (χ0n) is 13.3. The van der Waals surface area contributed by atoms with Crippen molar-refractivity contribution in [2.75, 3.05) is 20.2 Å². The van der Waals surface area contributed by atoms with Crippen LogP contribution in [0.5, 0.6) is 11.5 Å². The first-order chi connectivity index (χ1) is 11.7. The molecule has 4 rings (SSSR count). The smallest absolute Gasteiger partial charge is 0.255 e. The van der Waals surface area contributed by atoms with Crippen molar-refractivity contribution in [2.24, 2.45) is 0 Å². The third-order valence-corrected chi connectivity index (χ3v) is 5.07. The SMILES string of the molecule is CN(CC1COc2ccccc2O1)C(=O)c1csc2ccccc12. The summed E-state index contributed by atoms with van der Waals surface area (Å²) in [6.07, 6.45) is -0.168. The summed E-state index contributed by atoms with van der Waals surface area (Å²) in [6, 6.07) is 15.6. The van der Waals surface area contributed by atoms with Crippen LogP contribution in [-0.2, 0) is 0 Å². The number of fused-ring (bicyclic) bond motifs is 2. The summed E-state index contributed by atoms with van der Waals surface area (Å²) in [5.41, 5.74) is 0.746. The highest BCUT2D eigenvalue weighted by atomic mass is 32.1. The molecule has 1 aliphatic heterocycles. The molecule has 4 nitrogen and oxygen atoms in total. The van der Waals surface area contributed by atoms with Gasteiger partial charge in [0.05, 0.1) is 12.1 Å². The molecule has 122 valence electrons. The van der Waals surface area contributed by atoms with Gasteiger partial charge in [0, 0.05) is 22.5 Å². The maximum atomic E-state index is 12.8. The van der Waals surface area contributed by atoms with Crippen LogP contribution in [0.15, 0.2) is 53.9 Å². The van der Waals surface area contributed by atoms with Crippen molar-refractivity contribution in [3.63, 3.8) is 0 Å². The normalized spacial score (nSPS) is 16.1. The predicted octanol–water partition coefficient (Wildman–Crippen LogP) is 3.81. The predicted molar refractivity (Wildman–Crippen MR) is 95.1 cm³/mol. The summed E-state index contributed by atoms with van der Waals surface area (Å²) in [5.74, 6) is 1.50. The van der Waals surface area contributed by atoms with Gasteiger partial charge in [-0.15, -0.1) is 11.3 Å². The molecule has 1 amide bonds. The maximum absolute atomic E-state index is 12.8. The van der Waals surface area contributed by atoms with Crippen LogP contribution in [0.2, 0.25) is 0 Å². The molecule has 2 heterocycles. The first-order valence-electron chi connectivity index (χ1n) is 7.82. The highest BCUT2D eigenvalue weighted by Crippen LogP contribution is 2.31. The molecule has 1 aliphatic rings. The summed E-state index contributed by atoms with van der Waals surface area (Å²) in [5, 5.41) is 2.93. The molecule has 2 aromatic carbocycles. The molecule has 0 spiro atoms. The summed E-state index contributed by atoms with van der Waals surface area (Å²) in [4.78, 5) is 14.5. The highest BCUT2D eigenvalue weighted by molar-refractivity contribution is 7.17. The van der Waals surface area contributed by atoms with Crippen LogP contribution in [0, 0.1) is 0 Å². The van der Waals surface area contributed by atoms with Gasteiger partial charge in [0.15, 0.2) is 17.6 Å². The van der Waals surface area contributed by atoms with Gasteiger partial charge in [-0.05, 0) is 18.2 Å². The van der Waals surface area contributed by atoms with Crippen LogP contribution in [0.4, 0.5) is 0 Å². The zero-order chi connectivity index (χ0) is 16.5. The second-order valence-corrected chi connectivity index (χ2v) is 6.74. The number of amides is 1. The van der Waals surface area contributed by atoms with Crippen LogP contribution < -0.4 is 9.47 Å². The van der Waals surface area contributed by atoms with E-state index in [1.54, 1.807) is 23.3 Å². The van der Waals surface area contributed by atoms with Gasteiger partial charge in [0.25, 0.3) is 5.91 Å². The molecule has 0 saturated carbocycles. The van der Waals surface area contributed by atoms with Gasteiger partial charge in [-0.3, -0.25) is 4.79 Å². The van der Waals surface area contributed by atoms with Gasteiger partial charge in [-0.25, -0.2) is 0 Å². The van der Waals surface area contributed by atoms with E-state index in [1.165, 1.54) is 0 Å². The second kappa shape index (κ2) is 6.17. The van der Waals surface area contributed by atoms with E-state index in [2.05, 4.69) is 0 Å². The Morgan fingerprint density at radius 1 is 1.17 bits per heavy atom. The molecular formula is C19H17NO3S. The minimum atomic E-state index is -0.168. The third kappa shape index (κ3) is 2.71. The lowest BCUT2D eigenvalue weighted by Crippen LogP contribution is -2.41. The number of thiophene rings is 1. The number of hydrogen-bond donors (Lipinski definition) is 0. The van der Waals surface area contributed by atoms with Crippen LogP contribution >= 0.6 is 11.3 Å². The number of ether oxygens (including phenoxy) is 2. The van der Waals surface area contributed by atoms with Crippen molar-refractivity contribution >= 4 is 27.3 Å². The average molecular weight is 339 g/mol. The first-order valence-corrected chi connectivity index (χ1v) is 8.70. The van der Waals surface area contributed by atoms with E-state index in [1.807, 2.05) is 53.9 Å². The zero-order valence-corrected chi connectivity index (χ0v) is 14.1. The van der Waals surface area contributed by atoms with Gasteiger partial charge in [-0.1, -0.05) is 30.3 Å². The number of para-hydroxylation sites is 2. The van der Waals surface area contributed by atoms with Crippen molar-refractivity contribution in [1.82, 2.24) is 4.90 Å². The van der Waals surface area contributed by atoms with E-state index in [-0.39, 0.29) is 12.0 Å². The van der Waals surface area contributed by atoms with Gasteiger partial charge >= 0.3 is 0 Å². The molecule has 0 N–H and O–H groups in total. The van der Waals surface area contributed by atoms with Crippen molar-refractivity contribution in [3.05, 3.63) is 59.5 Å². The number of hydrogen-bond acceptors (Lipinski definition) is 4. The van der Waals surface area contributed by atoms with Crippen LogP contribution in [0.25, 0.3) is 10.1 Å². The van der Waals surface area contributed by atoms with Gasteiger partial charge in [-0.2, -0.15) is 0 Å². The molecule has 5 heteroatoms. The Morgan fingerprint density at radius 2 is 1.92 bits per heavy atom. The lowest BCUT2D eigenvalue weighted by molar-refractivity contribution is 0.0522. The molecule has 0 aliphatic carbocycles. The Morgan fingerprint density at radius 3 is 2.79 bits per heavy atom. The summed E-state index contributed by atoms with van der Waals surface area (Å²) in [6.45, 7) is 0.927. The average Bonchev–Trinajstić information content (AvgIpc) is 3.05. The van der Waals surface area contributed by atoms with Crippen LogP contribution in [0.1, 0.15) is 10.4 Å². The molecule has 1 atom stereocenters. The van der Waals surface area contributed by atoms with Crippen molar-refractivity contribution in [2.45, 2.75) is 6.10 Å². The third-order valence-electron chi connectivity index (χ3n) is 4.10. The monoisotopic (exact) mass is 339 g/mol. The van der Waals surface area contributed by atoms with E-state index in [0.717, 1.165) is 27.1 Å². The second-order valence-electron chi connectivity index (χ2n) is 5.83. The Hall–Kier alpha value is -2.53. The van der Waals surface area contributed by atoms with Gasteiger partial charge in [0.1, 0.15) is 6.61 Å². The van der Waals surface area contributed by atoms with E-state index < -0.39 is 0 Å². The Bertz CT molecular complexity index is 889. The number of likely N-dealkylation sites (N-methyl/N-ethyl adjacent to an activating group) is 1. The topological polar surface area (TPSA) is 38.8 Å².